The van der Waals surface area contributed by atoms with Gasteiger partial charge in [0.2, 0.25) is 0 Å². The van der Waals surface area contributed by atoms with Crippen LogP contribution in [0.4, 0.5) is 5.69 Å². The maximum absolute atomic E-state index is 13.5. The van der Waals surface area contributed by atoms with Gasteiger partial charge in [-0.1, -0.05) is 48.5 Å². The topological polar surface area (TPSA) is 58.7 Å². The second kappa shape index (κ2) is 9.75. The Labute approximate surface area is 206 Å². The molecule has 1 saturated carbocycles. The molecule has 3 aromatic rings. The molecule has 0 radical (unpaired) electrons. The molecule has 2 fully saturated rings. The maximum atomic E-state index is 13.5. The predicted molar refractivity (Wildman–Crippen MR) is 135 cm³/mol. The van der Waals surface area contributed by atoms with E-state index < -0.39 is 0 Å². The van der Waals surface area contributed by atoms with Crippen LogP contribution in [0.2, 0.25) is 10.0 Å². The first-order chi connectivity index (χ1) is 16.1. The summed E-state index contributed by atoms with van der Waals surface area (Å²) >= 11 is 14.0. The highest BCUT2D eigenvalue weighted by Crippen LogP contribution is 2.40. The number of thioether (sulfide) groups is 1. The maximum Gasteiger partial charge on any atom is 0.267 e. The number of halogens is 2. The van der Waals surface area contributed by atoms with Crippen molar-refractivity contribution in [2.24, 2.45) is 4.99 Å². The Hall–Kier alpha value is -2.54. The normalized spacial score (nSPS) is 19.7. The molecular formula is C25H21Cl2N3O2S. The van der Waals surface area contributed by atoms with E-state index in [0.29, 0.717) is 37.2 Å². The number of amidine groups is 1. The molecule has 1 aromatic carbocycles. The minimum Gasteiger partial charge on any atom is -0.457 e. The van der Waals surface area contributed by atoms with Crippen LogP contribution < -0.4 is 0 Å². The Morgan fingerprint density at radius 1 is 1.06 bits per heavy atom. The highest BCUT2D eigenvalue weighted by Gasteiger charge is 2.38. The van der Waals surface area contributed by atoms with Gasteiger partial charge in [-0.15, -0.1) is 0 Å². The molecule has 5 nitrogen and oxygen atoms in total. The molecule has 0 bridgehead atoms. The van der Waals surface area contributed by atoms with Gasteiger partial charge in [0, 0.05) is 18.3 Å². The molecule has 0 atom stereocenters. The number of pyridine rings is 1. The molecule has 0 unspecified atom stereocenters. The van der Waals surface area contributed by atoms with Crippen LogP contribution in [0.5, 0.6) is 0 Å². The number of nitrogens with zero attached hydrogens (tertiary/aromatic N) is 3. The molecule has 5 rings (SSSR count). The zero-order valence-corrected chi connectivity index (χ0v) is 20.0. The van der Waals surface area contributed by atoms with Crippen molar-refractivity contribution in [3.8, 4) is 11.3 Å². The second-order valence-corrected chi connectivity index (χ2v) is 9.81. The summed E-state index contributed by atoms with van der Waals surface area (Å²) in [5.74, 6) is 1.08. The fourth-order valence-electron chi connectivity index (χ4n) is 4.18. The number of hydrogen-bond acceptors (Lipinski definition) is 5. The van der Waals surface area contributed by atoms with Gasteiger partial charge in [-0.2, -0.15) is 0 Å². The van der Waals surface area contributed by atoms with Crippen LogP contribution >= 0.6 is 35.0 Å². The van der Waals surface area contributed by atoms with E-state index in [1.165, 1.54) is 18.2 Å². The summed E-state index contributed by atoms with van der Waals surface area (Å²) in [5.41, 5.74) is 1.36. The number of carbonyl (C=O) groups excluding carboxylic acids is 1. The van der Waals surface area contributed by atoms with E-state index in [4.69, 9.17) is 32.6 Å². The number of carbonyl (C=O) groups is 1. The van der Waals surface area contributed by atoms with Gasteiger partial charge in [0.1, 0.15) is 11.5 Å². The number of benzene rings is 1. The predicted octanol–water partition coefficient (Wildman–Crippen LogP) is 7.59. The lowest BCUT2D eigenvalue weighted by atomic mass is 9.94. The lowest BCUT2D eigenvalue weighted by molar-refractivity contribution is -0.124. The number of furan rings is 1. The number of amides is 1. The number of rotatable bonds is 4. The molecule has 1 aliphatic carbocycles. The molecule has 1 aliphatic heterocycles. The fourth-order valence-corrected chi connectivity index (χ4v) is 5.81. The van der Waals surface area contributed by atoms with Crippen molar-refractivity contribution in [2.75, 3.05) is 0 Å². The van der Waals surface area contributed by atoms with Crippen LogP contribution in [0, 0.1) is 0 Å². The third-order valence-electron chi connectivity index (χ3n) is 5.76. The van der Waals surface area contributed by atoms with Crippen LogP contribution in [-0.2, 0) is 4.79 Å². The molecule has 0 spiro atoms. The van der Waals surface area contributed by atoms with E-state index in [2.05, 4.69) is 4.98 Å². The summed E-state index contributed by atoms with van der Waals surface area (Å²) in [6.45, 7) is 0. The van der Waals surface area contributed by atoms with E-state index in [1.54, 1.807) is 36.7 Å². The molecule has 168 valence electrons. The summed E-state index contributed by atoms with van der Waals surface area (Å²) < 4.78 is 6.00. The third-order valence-corrected chi connectivity index (χ3v) is 7.37. The van der Waals surface area contributed by atoms with Gasteiger partial charge in [0.15, 0.2) is 5.17 Å². The zero-order chi connectivity index (χ0) is 22.8. The molecule has 8 heteroatoms. The smallest absolute Gasteiger partial charge is 0.267 e. The van der Waals surface area contributed by atoms with Crippen LogP contribution in [0.25, 0.3) is 17.4 Å². The molecular weight excluding hydrogens is 477 g/mol. The van der Waals surface area contributed by atoms with E-state index in [1.807, 2.05) is 29.2 Å². The summed E-state index contributed by atoms with van der Waals surface area (Å²) in [5, 5.41) is 1.71. The van der Waals surface area contributed by atoms with Gasteiger partial charge in [0.05, 0.1) is 32.4 Å². The first-order valence-electron chi connectivity index (χ1n) is 10.9. The molecule has 0 N–H and O–H groups in total. The number of aromatic nitrogens is 1. The molecule has 1 saturated heterocycles. The van der Waals surface area contributed by atoms with Crippen molar-refractivity contribution in [3.05, 3.63) is 75.6 Å². The largest absolute Gasteiger partial charge is 0.457 e. The lowest BCUT2D eigenvalue weighted by Gasteiger charge is -2.30. The van der Waals surface area contributed by atoms with E-state index in [-0.39, 0.29) is 11.9 Å². The van der Waals surface area contributed by atoms with Gasteiger partial charge in [-0.25, -0.2) is 4.99 Å². The van der Waals surface area contributed by atoms with Crippen molar-refractivity contribution in [1.29, 1.82) is 0 Å². The highest BCUT2D eigenvalue weighted by atomic mass is 35.5. The fraction of sp³-hybridized carbons (Fsp3) is 0.240. The van der Waals surface area contributed by atoms with Crippen molar-refractivity contribution >= 4 is 57.8 Å². The van der Waals surface area contributed by atoms with Crippen molar-refractivity contribution in [3.63, 3.8) is 0 Å². The number of hydrogen-bond donors (Lipinski definition) is 0. The van der Waals surface area contributed by atoms with Crippen molar-refractivity contribution in [1.82, 2.24) is 9.88 Å². The average molecular weight is 498 g/mol. The molecule has 1 amide bonds. The SMILES string of the molecule is O=C1/C(=C\c2ccc(-c3c(Cl)cccc3Cl)o2)SC(=Nc2cccnc2)N1C1CCCCC1. The Morgan fingerprint density at radius 3 is 2.58 bits per heavy atom. The van der Waals surface area contributed by atoms with Crippen LogP contribution in [-0.4, -0.2) is 27.0 Å². The first-order valence-corrected chi connectivity index (χ1v) is 12.4. The Balaban J connectivity index is 1.48. The third kappa shape index (κ3) is 4.74. The van der Waals surface area contributed by atoms with Crippen LogP contribution in [0.15, 0.2) is 69.2 Å². The van der Waals surface area contributed by atoms with E-state index >= 15 is 0 Å². The van der Waals surface area contributed by atoms with Crippen LogP contribution in [0.3, 0.4) is 0 Å². The molecule has 2 aromatic heterocycles. The quantitative estimate of drug-likeness (QED) is 0.348. The molecule has 3 heterocycles. The lowest BCUT2D eigenvalue weighted by Crippen LogP contribution is -2.40. The van der Waals surface area contributed by atoms with Crippen molar-refractivity contribution < 1.29 is 9.21 Å². The van der Waals surface area contributed by atoms with Gasteiger partial charge in [0.25, 0.3) is 5.91 Å². The van der Waals surface area contributed by atoms with E-state index in [9.17, 15) is 4.79 Å². The second-order valence-electron chi connectivity index (χ2n) is 7.98. The van der Waals surface area contributed by atoms with Gasteiger partial charge < -0.3 is 4.42 Å². The minimum absolute atomic E-state index is 0.0386. The summed E-state index contributed by atoms with van der Waals surface area (Å²) in [4.78, 5) is 24.8. The summed E-state index contributed by atoms with van der Waals surface area (Å²) in [6, 6.07) is 12.8. The van der Waals surface area contributed by atoms with E-state index in [0.717, 1.165) is 31.4 Å². The monoisotopic (exact) mass is 497 g/mol. The zero-order valence-electron chi connectivity index (χ0n) is 17.7. The Kier molecular flexibility index (Phi) is 6.58. The van der Waals surface area contributed by atoms with Gasteiger partial charge in [-0.3, -0.25) is 14.7 Å². The summed E-state index contributed by atoms with van der Waals surface area (Å²) in [6.07, 6.45) is 10.6. The number of aliphatic imine (C=N–C) groups is 1. The standard InChI is InChI=1S/C25H21Cl2N3O2S/c26-19-9-4-10-20(27)23(19)21-12-11-18(32-21)14-22-24(31)30(17-7-2-1-3-8-17)25(33-22)29-16-6-5-13-28-15-16/h4-6,9-15,17H,1-3,7-8H2/b22-14+,29-25?. The van der Waals surface area contributed by atoms with Gasteiger partial charge in [-0.05, 0) is 61.0 Å². The molecule has 33 heavy (non-hydrogen) atoms. The Morgan fingerprint density at radius 2 is 1.85 bits per heavy atom. The van der Waals surface area contributed by atoms with Crippen LogP contribution in [0.1, 0.15) is 37.9 Å². The minimum atomic E-state index is -0.0386. The first kappa shape index (κ1) is 22.3. The van der Waals surface area contributed by atoms with Gasteiger partial charge >= 0.3 is 0 Å². The average Bonchev–Trinajstić information content (AvgIpc) is 3.39. The van der Waals surface area contributed by atoms with Crippen molar-refractivity contribution in [2.45, 2.75) is 38.1 Å². The Bertz CT molecular complexity index is 1210. The molecule has 2 aliphatic rings. The summed E-state index contributed by atoms with van der Waals surface area (Å²) in [7, 11) is 0. The highest BCUT2D eigenvalue weighted by molar-refractivity contribution is 8.18.